The van der Waals surface area contributed by atoms with E-state index in [1.54, 1.807) is 17.0 Å². The Morgan fingerprint density at radius 3 is 2.64 bits per heavy atom. The maximum atomic E-state index is 12.2. The van der Waals surface area contributed by atoms with Crippen molar-refractivity contribution in [3.63, 3.8) is 0 Å². The molecule has 25 heavy (non-hydrogen) atoms. The van der Waals surface area contributed by atoms with Crippen molar-refractivity contribution in [3.8, 4) is 5.75 Å². The number of benzene rings is 1. The molecule has 2 rings (SSSR count). The molecule has 8 nitrogen and oxygen atoms in total. The van der Waals surface area contributed by atoms with Gasteiger partial charge in [0.05, 0.1) is 25.3 Å². The summed E-state index contributed by atoms with van der Waals surface area (Å²) < 4.78 is 5.69. The molecule has 0 saturated heterocycles. The summed E-state index contributed by atoms with van der Waals surface area (Å²) in [6.07, 6.45) is -0.697. The topological polar surface area (TPSA) is 99.8 Å². The molecule has 3 N–H and O–H groups in total. The first-order chi connectivity index (χ1) is 11.9. The third kappa shape index (κ3) is 5.10. The Labute approximate surface area is 146 Å². The van der Waals surface area contributed by atoms with Crippen molar-refractivity contribution in [2.75, 3.05) is 31.6 Å². The van der Waals surface area contributed by atoms with Gasteiger partial charge in [-0.15, -0.1) is 0 Å². The zero-order chi connectivity index (χ0) is 18.4. The highest BCUT2D eigenvalue weighted by molar-refractivity contribution is 5.88. The fraction of sp³-hybridized carbons (Fsp3) is 0.471. The van der Waals surface area contributed by atoms with E-state index < -0.39 is 6.10 Å². The predicted molar refractivity (Wildman–Crippen MR) is 93.4 cm³/mol. The van der Waals surface area contributed by atoms with Crippen LogP contribution in [-0.4, -0.2) is 56.5 Å². The number of anilines is 1. The van der Waals surface area contributed by atoms with Gasteiger partial charge in [-0.25, -0.2) is 0 Å². The van der Waals surface area contributed by atoms with E-state index >= 15 is 0 Å². The van der Waals surface area contributed by atoms with E-state index in [0.29, 0.717) is 5.75 Å². The SMILES string of the molecule is CNC(=O)[C@@H]1CN(CC(=O)NCC(=O)NC(C)C)c2ccccc2O1. The van der Waals surface area contributed by atoms with E-state index in [1.165, 1.54) is 7.05 Å². The lowest BCUT2D eigenvalue weighted by Gasteiger charge is -2.34. The molecular formula is C17H24N4O4. The zero-order valence-corrected chi connectivity index (χ0v) is 14.7. The lowest BCUT2D eigenvalue weighted by molar-refractivity contribution is -0.128. The molecule has 1 aromatic carbocycles. The fourth-order valence-electron chi connectivity index (χ4n) is 2.54. The average Bonchev–Trinajstić information content (AvgIpc) is 2.58. The number of likely N-dealkylation sites (N-methyl/N-ethyl adjacent to an activating group) is 1. The maximum Gasteiger partial charge on any atom is 0.262 e. The van der Waals surface area contributed by atoms with Crippen LogP contribution in [0.1, 0.15) is 13.8 Å². The monoisotopic (exact) mass is 348 g/mol. The van der Waals surface area contributed by atoms with E-state index in [1.807, 2.05) is 26.0 Å². The van der Waals surface area contributed by atoms with Crippen LogP contribution in [0.2, 0.25) is 0 Å². The third-order valence-electron chi connectivity index (χ3n) is 3.63. The molecular weight excluding hydrogens is 324 g/mol. The first kappa shape index (κ1) is 18.6. The highest BCUT2D eigenvalue weighted by Gasteiger charge is 2.30. The summed E-state index contributed by atoms with van der Waals surface area (Å²) in [5.74, 6) is -0.246. The number of hydrogen-bond donors (Lipinski definition) is 3. The van der Waals surface area contributed by atoms with Crippen LogP contribution in [-0.2, 0) is 14.4 Å². The molecule has 8 heteroatoms. The molecule has 3 amide bonds. The maximum absolute atomic E-state index is 12.2. The molecule has 0 saturated carbocycles. The Kier molecular flexibility index (Phi) is 6.21. The smallest absolute Gasteiger partial charge is 0.262 e. The van der Waals surface area contributed by atoms with Crippen LogP contribution in [0.25, 0.3) is 0 Å². The van der Waals surface area contributed by atoms with Crippen LogP contribution in [0.15, 0.2) is 24.3 Å². The molecule has 1 aromatic rings. The summed E-state index contributed by atoms with van der Waals surface area (Å²) in [5, 5.41) is 7.85. The fourth-order valence-corrected chi connectivity index (χ4v) is 2.54. The molecule has 1 aliphatic rings. The molecule has 0 unspecified atom stereocenters. The molecule has 0 spiro atoms. The van der Waals surface area contributed by atoms with Crippen molar-refractivity contribution < 1.29 is 19.1 Å². The number of rotatable bonds is 6. The van der Waals surface area contributed by atoms with Gasteiger partial charge in [-0.1, -0.05) is 12.1 Å². The molecule has 136 valence electrons. The van der Waals surface area contributed by atoms with Crippen LogP contribution in [0.4, 0.5) is 5.69 Å². The Balaban J connectivity index is 2.00. The predicted octanol–water partition coefficient (Wildman–Crippen LogP) is -0.359. The number of nitrogens with one attached hydrogen (secondary N) is 3. The van der Waals surface area contributed by atoms with Gasteiger partial charge in [0.1, 0.15) is 5.75 Å². The second-order valence-corrected chi connectivity index (χ2v) is 6.07. The van der Waals surface area contributed by atoms with Crippen LogP contribution in [0.5, 0.6) is 5.75 Å². The first-order valence-electron chi connectivity index (χ1n) is 8.19. The zero-order valence-electron chi connectivity index (χ0n) is 14.7. The summed E-state index contributed by atoms with van der Waals surface area (Å²) in [6, 6.07) is 7.24. The van der Waals surface area contributed by atoms with Crippen LogP contribution < -0.4 is 25.6 Å². The second kappa shape index (κ2) is 8.36. The third-order valence-corrected chi connectivity index (χ3v) is 3.63. The first-order valence-corrected chi connectivity index (χ1v) is 8.19. The Morgan fingerprint density at radius 1 is 1.24 bits per heavy atom. The number of nitrogens with zero attached hydrogens (tertiary/aromatic N) is 1. The van der Waals surface area contributed by atoms with Crippen LogP contribution in [0.3, 0.4) is 0 Å². The molecule has 0 bridgehead atoms. The summed E-state index contributed by atoms with van der Waals surface area (Å²) >= 11 is 0. The minimum absolute atomic E-state index is 0.0174. The van der Waals surface area contributed by atoms with Gasteiger partial charge in [-0.05, 0) is 26.0 Å². The summed E-state index contributed by atoms with van der Waals surface area (Å²) in [7, 11) is 1.54. The minimum Gasteiger partial charge on any atom is -0.477 e. The van der Waals surface area contributed by atoms with Gasteiger partial charge < -0.3 is 25.6 Å². The number of carbonyl (C=O) groups excluding carboxylic acids is 3. The molecule has 0 radical (unpaired) electrons. The number of ether oxygens (including phenoxy) is 1. The minimum atomic E-state index is -0.697. The number of carbonyl (C=O) groups is 3. The van der Waals surface area contributed by atoms with Gasteiger partial charge in [0, 0.05) is 13.1 Å². The van der Waals surface area contributed by atoms with Gasteiger partial charge in [-0.2, -0.15) is 0 Å². The average molecular weight is 348 g/mol. The van der Waals surface area contributed by atoms with Crippen molar-refractivity contribution in [1.82, 2.24) is 16.0 Å². The lowest BCUT2D eigenvalue weighted by atomic mass is 10.1. The molecule has 0 fully saturated rings. The quantitative estimate of drug-likeness (QED) is 0.652. The van der Waals surface area contributed by atoms with Crippen LogP contribution in [0, 0.1) is 0 Å². The molecule has 1 heterocycles. The van der Waals surface area contributed by atoms with Gasteiger partial charge in [0.25, 0.3) is 5.91 Å². The van der Waals surface area contributed by atoms with Crippen molar-refractivity contribution in [3.05, 3.63) is 24.3 Å². The highest BCUT2D eigenvalue weighted by atomic mass is 16.5. The Morgan fingerprint density at radius 2 is 1.96 bits per heavy atom. The van der Waals surface area contributed by atoms with E-state index in [9.17, 15) is 14.4 Å². The van der Waals surface area contributed by atoms with Gasteiger partial charge in [-0.3, -0.25) is 14.4 Å². The van der Waals surface area contributed by atoms with E-state index in [2.05, 4.69) is 16.0 Å². The van der Waals surface area contributed by atoms with Gasteiger partial charge >= 0.3 is 0 Å². The van der Waals surface area contributed by atoms with Crippen molar-refractivity contribution in [1.29, 1.82) is 0 Å². The molecule has 1 aliphatic heterocycles. The second-order valence-electron chi connectivity index (χ2n) is 6.07. The highest BCUT2D eigenvalue weighted by Crippen LogP contribution is 2.32. The van der Waals surface area contributed by atoms with Crippen molar-refractivity contribution in [2.24, 2.45) is 0 Å². The number of fused-ring (bicyclic) bond motifs is 1. The molecule has 0 aliphatic carbocycles. The summed E-state index contributed by atoms with van der Waals surface area (Å²) in [4.78, 5) is 37.5. The van der Waals surface area contributed by atoms with E-state index in [-0.39, 0.29) is 43.4 Å². The van der Waals surface area contributed by atoms with Crippen molar-refractivity contribution >= 4 is 23.4 Å². The molecule has 1 atom stereocenters. The Hall–Kier alpha value is -2.77. The van der Waals surface area contributed by atoms with Crippen molar-refractivity contribution in [2.45, 2.75) is 26.0 Å². The largest absolute Gasteiger partial charge is 0.477 e. The van der Waals surface area contributed by atoms with E-state index in [4.69, 9.17) is 4.74 Å². The normalized spacial score (nSPS) is 15.8. The van der Waals surface area contributed by atoms with Crippen LogP contribution >= 0.6 is 0 Å². The van der Waals surface area contributed by atoms with Gasteiger partial charge in [0.15, 0.2) is 6.10 Å². The number of para-hydroxylation sites is 2. The lowest BCUT2D eigenvalue weighted by Crippen LogP contribution is -2.51. The van der Waals surface area contributed by atoms with E-state index in [0.717, 1.165) is 5.69 Å². The number of hydrogen-bond acceptors (Lipinski definition) is 5. The van der Waals surface area contributed by atoms with Gasteiger partial charge in [0.2, 0.25) is 11.8 Å². The number of amides is 3. The Bertz CT molecular complexity index is 647. The standard InChI is InChI=1S/C17H24N4O4/c1-11(2)20-15(22)8-19-16(23)10-21-9-14(17(24)18-3)25-13-7-5-4-6-12(13)21/h4-7,11,14H,8-10H2,1-3H3,(H,18,24)(H,19,23)(H,20,22)/t14-/m0/s1. The summed E-state index contributed by atoms with van der Waals surface area (Å²) in [5.41, 5.74) is 0.740. The summed E-state index contributed by atoms with van der Waals surface area (Å²) in [6.45, 7) is 3.90. The molecule has 0 aromatic heterocycles.